The maximum absolute atomic E-state index is 8.83. The molecule has 1 aromatic carbocycles. The van der Waals surface area contributed by atoms with Gasteiger partial charge in [0.2, 0.25) is 0 Å². The molecule has 90 valence electrons. The van der Waals surface area contributed by atoms with Crippen molar-refractivity contribution in [2.45, 2.75) is 38.6 Å². The van der Waals surface area contributed by atoms with Crippen molar-refractivity contribution >= 4 is 21.6 Å². The summed E-state index contributed by atoms with van der Waals surface area (Å²) in [5.41, 5.74) is 1.80. The smallest absolute Gasteiger partial charge is 0.0992 e. The highest BCUT2D eigenvalue weighted by atomic mass is 79.9. The Labute approximate surface area is 111 Å². The fourth-order valence-electron chi connectivity index (χ4n) is 2.62. The van der Waals surface area contributed by atoms with Gasteiger partial charge in [0.1, 0.15) is 0 Å². The second-order valence-electron chi connectivity index (χ2n) is 4.66. The maximum atomic E-state index is 8.83. The molecule has 0 bridgehead atoms. The number of halogens is 1. The Bertz CT molecular complexity index is 436. The van der Waals surface area contributed by atoms with Crippen LogP contribution < -0.4 is 5.32 Å². The second-order valence-corrected chi connectivity index (χ2v) is 5.51. The molecule has 0 aromatic heterocycles. The molecule has 1 N–H and O–H groups in total. The molecule has 2 unspecified atom stereocenters. The lowest BCUT2D eigenvalue weighted by molar-refractivity contribution is 0.489. The molecule has 0 aliphatic heterocycles. The van der Waals surface area contributed by atoms with E-state index in [0.717, 1.165) is 16.1 Å². The van der Waals surface area contributed by atoms with E-state index in [-0.39, 0.29) is 0 Å². The number of hydrogen-bond acceptors (Lipinski definition) is 2. The van der Waals surface area contributed by atoms with Gasteiger partial charge in [-0.2, -0.15) is 5.26 Å². The van der Waals surface area contributed by atoms with E-state index >= 15 is 0 Å². The minimum atomic E-state index is 0.587. The number of nitriles is 1. The molecule has 1 fully saturated rings. The van der Waals surface area contributed by atoms with Gasteiger partial charge in [-0.15, -0.1) is 0 Å². The third-order valence-corrected chi connectivity index (χ3v) is 4.28. The number of nitrogens with one attached hydrogen (secondary N) is 1. The normalized spacial score (nSPS) is 23.4. The van der Waals surface area contributed by atoms with Crippen molar-refractivity contribution in [1.29, 1.82) is 5.26 Å². The molecule has 2 atom stereocenters. The van der Waals surface area contributed by atoms with E-state index in [1.165, 1.54) is 25.7 Å². The first kappa shape index (κ1) is 12.4. The lowest BCUT2D eigenvalue weighted by Crippen LogP contribution is -2.23. The highest BCUT2D eigenvalue weighted by Crippen LogP contribution is 2.33. The van der Waals surface area contributed by atoms with Gasteiger partial charge in [0.25, 0.3) is 0 Å². The van der Waals surface area contributed by atoms with E-state index in [1.54, 1.807) is 0 Å². The lowest BCUT2D eigenvalue weighted by Gasteiger charge is -2.21. The molecule has 0 radical (unpaired) electrons. The third kappa shape index (κ3) is 2.81. The number of benzene rings is 1. The quantitative estimate of drug-likeness (QED) is 0.901. The molecule has 0 spiro atoms. The Kier molecular flexibility index (Phi) is 4.06. The summed E-state index contributed by atoms with van der Waals surface area (Å²) in [5, 5.41) is 12.4. The van der Waals surface area contributed by atoms with Crippen molar-refractivity contribution in [2.24, 2.45) is 5.92 Å². The number of rotatable bonds is 3. The summed E-state index contributed by atoms with van der Waals surface area (Å²) < 4.78 is 0.985. The number of hydrogen-bond donors (Lipinski definition) is 1. The predicted molar refractivity (Wildman–Crippen MR) is 73.9 cm³/mol. The van der Waals surface area contributed by atoms with E-state index in [2.05, 4.69) is 34.2 Å². The van der Waals surface area contributed by atoms with Crippen LogP contribution in [0.1, 0.15) is 38.2 Å². The molecule has 0 heterocycles. The number of anilines is 1. The zero-order valence-corrected chi connectivity index (χ0v) is 11.6. The summed E-state index contributed by atoms with van der Waals surface area (Å²) in [4.78, 5) is 0. The van der Waals surface area contributed by atoms with Crippen molar-refractivity contribution in [3.8, 4) is 6.07 Å². The van der Waals surface area contributed by atoms with Gasteiger partial charge in [-0.1, -0.05) is 19.8 Å². The van der Waals surface area contributed by atoms with Gasteiger partial charge in [-0.05, 0) is 52.9 Å². The Morgan fingerprint density at radius 1 is 1.47 bits per heavy atom. The molecule has 1 aromatic rings. The van der Waals surface area contributed by atoms with E-state index in [1.807, 2.05) is 18.2 Å². The monoisotopic (exact) mass is 292 g/mol. The van der Waals surface area contributed by atoms with Gasteiger partial charge in [-0.25, -0.2) is 0 Å². The molecule has 0 saturated heterocycles. The molecular formula is C14H17BrN2. The van der Waals surface area contributed by atoms with Crippen LogP contribution in [-0.4, -0.2) is 6.04 Å². The van der Waals surface area contributed by atoms with Crippen LogP contribution in [0.3, 0.4) is 0 Å². The Morgan fingerprint density at radius 3 is 2.94 bits per heavy atom. The minimum absolute atomic E-state index is 0.587. The highest BCUT2D eigenvalue weighted by Gasteiger charge is 2.25. The van der Waals surface area contributed by atoms with Crippen molar-refractivity contribution in [3.63, 3.8) is 0 Å². The molecule has 1 aliphatic rings. The standard InChI is InChI=1S/C14H17BrN2/c1-2-11-4-3-5-13(11)17-14-7-6-10(9-16)8-12(14)15/h6-8,11,13,17H,2-5H2,1H3. The van der Waals surface area contributed by atoms with E-state index in [0.29, 0.717) is 11.6 Å². The average Bonchev–Trinajstić information content (AvgIpc) is 2.79. The van der Waals surface area contributed by atoms with Gasteiger partial charge < -0.3 is 5.32 Å². The third-order valence-electron chi connectivity index (χ3n) is 3.62. The SMILES string of the molecule is CCC1CCCC1Nc1ccc(C#N)cc1Br. The summed E-state index contributed by atoms with van der Waals surface area (Å²) in [5.74, 6) is 0.789. The highest BCUT2D eigenvalue weighted by molar-refractivity contribution is 9.10. The zero-order valence-electron chi connectivity index (χ0n) is 10.0. The van der Waals surface area contributed by atoms with Crippen molar-refractivity contribution in [2.75, 3.05) is 5.32 Å². The van der Waals surface area contributed by atoms with Gasteiger partial charge in [0, 0.05) is 16.2 Å². The molecule has 17 heavy (non-hydrogen) atoms. The van der Waals surface area contributed by atoms with Crippen LogP contribution in [0.2, 0.25) is 0 Å². The summed E-state index contributed by atoms with van der Waals surface area (Å²) in [6.07, 6.45) is 5.16. The summed E-state index contributed by atoms with van der Waals surface area (Å²) >= 11 is 3.52. The Balaban J connectivity index is 2.11. The predicted octanol–water partition coefficient (Wildman–Crippen LogP) is 4.31. The van der Waals surface area contributed by atoms with Crippen molar-refractivity contribution < 1.29 is 0 Å². The molecule has 1 aliphatic carbocycles. The molecule has 3 heteroatoms. The van der Waals surface area contributed by atoms with Gasteiger partial charge in [0.05, 0.1) is 11.6 Å². The zero-order chi connectivity index (χ0) is 12.3. The van der Waals surface area contributed by atoms with Gasteiger partial charge >= 0.3 is 0 Å². The fraction of sp³-hybridized carbons (Fsp3) is 0.500. The van der Waals surface area contributed by atoms with Crippen LogP contribution in [-0.2, 0) is 0 Å². The first-order valence-electron chi connectivity index (χ1n) is 6.20. The summed E-state index contributed by atoms with van der Waals surface area (Å²) in [6.45, 7) is 2.26. The van der Waals surface area contributed by atoms with Crippen molar-refractivity contribution in [3.05, 3.63) is 28.2 Å². The van der Waals surface area contributed by atoms with Crippen LogP contribution in [0.15, 0.2) is 22.7 Å². The number of nitrogens with zero attached hydrogens (tertiary/aromatic N) is 1. The van der Waals surface area contributed by atoms with Crippen LogP contribution in [0.4, 0.5) is 5.69 Å². The van der Waals surface area contributed by atoms with Crippen molar-refractivity contribution in [1.82, 2.24) is 0 Å². The molecule has 2 nitrogen and oxygen atoms in total. The average molecular weight is 293 g/mol. The molecular weight excluding hydrogens is 276 g/mol. The van der Waals surface area contributed by atoms with Gasteiger partial charge in [0.15, 0.2) is 0 Å². The lowest BCUT2D eigenvalue weighted by atomic mass is 10.0. The largest absolute Gasteiger partial charge is 0.381 e. The topological polar surface area (TPSA) is 35.8 Å². The van der Waals surface area contributed by atoms with Crippen LogP contribution in [0, 0.1) is 17.2 Å². The molecule has 2 rings (SSSR count). The van der Waals surface area contributed by atoms with Crippen LogP contribution in [0.5, 0.6) is 0 Å². The van der Waals surface area contributed by atoms with Crippen LogP contribution >= 0.6 is 15.9 Å². The van der Waals surface area contributed by atoms with E-state index in [9.17, 15) is 0 Å². The van der Waals surface area contributed by atoms with E-state index in [4.69, 9.17) is 5.26 Å². The molecule has 1 saturated carbocycles. The summed E-state index contributed by atoms with van der Waals surface area (Å²) in [7, 11) is 0. The first-order chi connectivity index (χ1) is 8.24. The maximum Gasteiger partial charge on any atom is 0.0992 e. The minimum Gasteiger partial charge on any atom is -0.381 e. The van der Waals surface area contributed by atoms with E-state index < -0.39 is 0 Å². The fourth-order valence-corrected chi connectivity index (χ4v) is 3.11. The summed E-state index contributed by atoms with van der Waals surface area (Å²) in [6, 6.07) is 8.47. The van der Waals surface area contributed by atoms with Crippen LogP contribution in [0.25, 0.3) is 0 Å². The van der Waals surface area contributed by atoms with Gasteiger partial charge in [-0.3, -0.25) is 0 Å². The first-order valence-corrected chi connectivity index (χ1v) is 7.00. The molecule has 0 amide bonds. The Hall–Kier alpha value is -1.01. The second kappa shape index (κ2) is 5.55. The Morgan fingerprint density at radius 2 is 2.29 bits per heavy atom.